The van der Waals surface area contributed by atoms with E-state index < -0.39 is 12.0 Å². The first-order valence-electron chi connectivity index (χ1n) is 7.12. The van der Waals surface area contributed by atoms with Gasteiger partial charge in [-0.25, -0.2) is 9.97 Å². The van der Waals surface area contributed by atoms with E-state index >= 15 is 0 Å². The molecule has 0 spiro atoms. The van der Waals surface area contributed by atoms with Gasteiger partial charge in [-0.1, -0.05) is 6.42 Å². The Morgan fingerprint density at radius 1 is 1.18 bits per heavy atom. The highest BCUT2D eigenvalue weighted by Crippen LogP contribution is 2.14. The number of carboxylic acid groups (broad SMARTS) is 1. The molecule has 120 valence electrons. The van der Waals surface area contributed by atoms with Crippen LogP contribution >= 0.6 is 22.7 Å². The summed E-state index contributed by atoms with van der Waals surface area (Å²) in [6.45, 7) is 2.47. The Hall–Kier alpha value is -1.35. The third-order valence-electron chi connectivity index (χ3n) is 3.24. The van der Waals surface area contributed by atoms with Crippen LogP contribution < -0.4 is 5.73 Å². The first-order valence-corrected chi connectivity index (χ1v) is 8.88. The molecule has 2 aromatic heterocycles. The van der Waals surface area contributed by atoms with Gasteiger partial charge in [-0.3, -0.25) is 9.69 Å². The van der Waals surface area contributed by atoms with E-state index in [1.165, 1.54) is 0 Å². The number of hydrogen-bond acceptors (Lipinski definition) is 7. The summed E-state index contributed by atoms with van der Waals surface area (Å²) in [6, 6.07) is -0.758. The first-order chi connectivity index (χ1) is 10.6. The van der Waals surface area contributed by atoms with Gasteiger partial charge in [0.15, 0.2) is 0 Å². The lowest BCUT2D eigenvalue weighted by atomic mass is 10.1. The normalized spacial score (nSPS) is 12.6. The third-order valence-corrected chi connectivity index (χ3v) is 4.77. The predicted octanol–water partition coefficient (Wildman–Crippen LogP) is 2.18. The summed E-state index contributed by atoms with van der Waals surface area (Å²) in [5.41, 5.74) is 5.52. The van der Waals surface area contributed by atoms with Gasteiger partial charge in [0.05, 0.1) is 13.1 Å². The monoisotopic (exact) mass is 340 g/mol. The quantitative estimate of drug-likeness (QED) is 0.644. The van der Waals surface area contributed by atoms with E-state index in [0.717, 1.165) is 42.5 Å². The Balaban J connectivity index is 1.80. The molecule has 0 aliphatic rings. The molecule has 1 unspecified atom stereocenters. The minimum Gasteiger partial charge on any atom is -0.480 e. The fourth-order valence-electron chi connectivity index (χ4n) is 2.08. The first kappa shape index (κ1) is 17.0. The van der Waals surface area contributed by atoms with Gasteiger partial charge in [0.2, 0.25) is 0 Å². The van der Waals surface area contributed by atoms with Crippen molar-refractivity contribution >= 4 is 28.6 Å². The molecule has 0 amide bonds. The van der Waals surface area contributed by atoms with Gasteiger partial charge in [0.25, 0.3) is 0 Å². The molecule has 6 nitrogen and oxygen atoms in total. The molecule has 0 saturated carbocycles. The molecule has 0 aliphatic carbocycles. The predicted molar refractivity (Wildman–Crippen MR) is 87.8 cm³/mol. The van der Waals surface area contributed by atoms with Crippen molar-refractivity contribution in [3.63, 3.8) is 0 Å². The van der Waals surface area contributed by atoms with Crippen molar-refractivity contribution in [3.8, 4) is 0 Å². The fourth-order valence-corrected chi connectivity index (χ4v) is 3.40. The van der Waals surface area contributed by atoms with E-state index in [4.69, 9.17) is 10.8 Å². The molecule has 2 rings (SSSR count). The van der Waals surface area contributed by atoms with Crippen LogP contribution in [-0.2, 0) is 17.9 Å². The summed E-state index contributed by atoms with van der Waals surface area (Å²) < 4.78 is 0. The lowest BCUT2D eigenvalue weighted by Crippen LogP contribution is -2.30. The molecule has 8 heteroatoms. The van der Waals surface area contributed by atoms with Crippen LogP contribution in [0.4, 0.5) is 0 Å². The summed E-state index contributed by atoms with van der Waals surface area (Å²) in [5, 5.41) is 14.9. The molecule has 0 radical (unpaired) electrons. The second kappa shape index (κ2) is 8.94. The average Bonchev–Trinajstić information content (AvgIpc) is 3.16. The molecular weight excluding hydrogens is 320 g/mol. The molecular formula is C14H20N4O2S2. The van der Waals surface area contributed by atoms with E-state index in [0.29, 0.717) is 6.42 Å². The summed E-state index contributed by atoms with van der Waals surface area (Å²) in [4.78, 5) is 21.7. The standard InChI is InChI=1S/C14H20N4O2S2/c15-11(14(19)20)3-1-2-6-18(9-12-16-4-7-21-12)10-13-17-5-8-22-13/h4-5,7-8,11H,1-3,6,9-10,15H2,(H,19,20). The largest absolute Gasteiger partial charge is 0.480 e. The summed E-state index contributed by atoms with van der Waals surface area (Å²) in [6.07, 6.45) is 5.86. The van der Waals surface area contributed by atoms with Crippen molar-refractivity contribution in [1.82, 2.24) is 14.9 Å². The van der Waals surface area contributed by atoms with Gasteiger partial charge in [-0.15, -0.1) is 22.7 Å². The van der Waals surface area contributed by atoms with Crippen molar-refractivity contribution in [2.24, 2.45) is 5.73 Å². The molecule has 0 bridgehead atoms. The number of hydrogen-bond donors (Lipinski definition) is 2. The molecule has 0 fully saturated rings. The number of aliphatic carboxylic acids is 1. The molecule has 1 atom stereocenters. The second-order valence-corrected chi connectivity index (χ2v) is 6.96. The number of nitrogens with two attached hydrogens (primary N) is 1. The van der Waals surface area contributed by atoms with Gasteiger partial charge in [-0.05, 0) is 19.4 Å². The van der Waals surface area contributed by atoms with Crippen LogP contribution in [0, 0.1) is 0 Å². The van der Waals surface area contributed by atoms with Gasteiger partial charge < -0.3 is 10.8 Å². The molecule has 2 heterocycles. The van der Waals surface area contributed by atoms with E-state index in [1.54, 1.807) is 22.7 Å². The highest BCUT2D eigenvalue weighted by atomic mass is 32.1. The SMILES string of the molecule is NC(CCCCN(Cc1nccs1)Cc1nccs1)C(=O)O. The topological polar surface area (TPSA) is 92.3 Å². The van der Waals surface area contributed by atoms with Crippen molar-refractivity contribution in [2.75, 3.05) is 6.54 Å². The van der Waals surface area contributed by atoms with E-state index in [1.807, 2.05) is 23.2 Å². The van der Waals surface area contributed by atoms with Crippen molar-refractivity contribution in [1.29, 1.82) is 0 Å². The number of carbonyl (C=O) groups is 1. The van der Waals surface area contributed by atoms with Crippen LogP contribution in [0.5, 0.6) is 0 Å². The number of aromatic nitrogens is 2. The Bertz CT molecular complexity index is 509. The van der Waals surface area contributed by atoms with E-state index in [9.17, 15) is 4.79 Å². The maximum atomic E-state index is 10.7. The lowest BCUT2D eigenvalue weighted by Gasteiger charge is -2.20. The smallest absolute Gasteiger partial charge is 0.320 e. The molecule has 0 aromatic carbocycles. The van der Waals surface area contributed by atoms with E-state index in [-0.39, 0.29) is 0 Å². The van der Waals surface area contributed by atoms with Gasteiger partial charge in [0, 0.05) is 23.2 Å². The maximum Gasteiger partial charge on any atom is 0.320 e. The fraction of sp³-hybridized carbons (Fsp3) is 0.500. The van der Waals surface area contributed by atoms with Crippen LogP contribution in [0.1, 0.15) is 29.3 Å². The van der Waals surface area contributed by atoms with Crippen LogP contribution in [-0.4, -0.2) is 38.5 Å². The summed E-state index contributed by atoms with van der Waals surface area (Å²) in [5.74, 6) is -0.928. The number of unbranched alkanes of at least 4 members (excludes halogenated alkanes) is 1. The zero-order chi connectivity index (χ0) is 15.8. The zero-order valence-electron chi connectivity index (χ0n) is 12.2. The summed E-state index contributed by atoms with van der Waals surface area (Å²) in [7, 11) is 0. The number of carboxylic acids is 1. The third kappa shape index (κ3) is 5.80. The second-order valence-electron chi connectivity index (χ2n) is 5.00. The van der Waals surface area contributed by atoms with Crippen LogP contribution in [0.15, 0.2) is 23.2 Å². The van der Waals surface area contributed by atoms with Gasteiger partial charge in [-0.2, -0.15) is 0 Å². The van der Waals surface area contributed by atoms with Crippen LogP contribution in [0.25, 0.3) is 0 Å². The average molecular weight is 340 g/mol. The van der Waals surface area contributed by atoms with Gasteiger partial charge in [0.1, 0.15) is 16.1 Å². The Kier molecular flexibility index (Phi) is 6.91. The minimum absolute atomic E-state index is 0.512. The summed E-state index contributed by atoms with van der Waals surface area (Å²) >= 11 is 3.29. The maximum absolute atomic E-state index is 10.7. The number of thiazole rings is 2. The highest BCUT2D eigenvalue weighted by molar-refractivity contribution is 7.09. The minimum atomic E-state index is -0.928. The molecule has 3 N–H and O–H groups in total. The van der Waals surface area contributed by atoms with Crippen LogP contribution in [0.2, 0.25) is 0 Å². The lowest BCUT2D eigenvalue weighted by molar-refractivity contribution is -0.138. The van der Waals surface area contributed by atoms with E-state index in [2.05, 4.69) is 14.9 Å². The molecule has 0 aliphatic heterocycles. The Morgan fingerprint density at radius 3 is 2.23 bits per heavy atom. The van der Waals surface area contributed by atoms with Crippen molar-refractivity contribution in [3.05, 3.63) is 33.2 Å². The highest BCUT2D eigenvalue weighted by Gasteiger charge is 2.13. The van der Waals surface area contributed by atoms with Crippen molar-refractivity contribution < 1.29 is 9.90 Å². The molecule has 0 saturated heterocycles. The zero-order valence-corrected chi connectivity index (χ0v) is 13.9. The van der Waals surface area contributed by atoms with Gasteiger partial charge >= 0.3 is 5.97 Å². The molecule has 22 heavy (non-hydrogen) atoms. The number of rotatable bonds is 10. The molecule has 2 aromatic rings. The van der Waals surface area contributed by atoms with Crippen LogP contribution in [0.3, 0.4) is 0 Å². The number of nitrogens with zero attached hydrogens (tertiary/aromatic N) is 3. The Labute approximate surface area is 137 Å². The van der Waals surface area contributed by atoms with Crippen molar-refractivity contribution in [2.45, 2.75) is 38.4 Å². The Morgan fingerprint density at radius 2 is 1.77 bits per heavy atom.